The van der Waals surface area contributed by atoms with E-state index in [2.05, 4.69) is 13.8 Å². The van der Waals surface area contributed by atoms with Crippen LogP contribution in [0.15, 0.2) is 29.2 Å². The Labute approximate surface area is 135 Å². The maximum Gasteiger partial charge on any atom is 0.243 e. The Morgan fingerprint density at radius 1 is 1.09 bits per heavy atom. The fourth-order valence-corrected chi connectivity index (χ4v) is 4.85. The fraction of sp³-hybridized carbons (Fsp3) is 0.667. The third kappa shape index (κ3) is 4.11. The highest BCUT2D eigenvalue weighted by atomic mass is 32.2. The van der Waals surface area contributed by atoms with Crippen LogP contribution in [0.3, 0.4) is 0 Å². The first-order chi connectivity index (χ1) is 10.4. The number of hydrogen-bond donors (Lipinski definition) is 0. The summed E-state index contributed by atoms with van der Waals surface area (Å²) in [4.78, 5) is 0.428. The minimum atomic E-state index is -3.32. The summed E-state index contributed by atoms with van der Waals surface area (Å²) in [5, 5.41) is 0. The van der Waals surface area contributed by atoms with Crippen molar-refractivity contribution in [3.05, 3.63) is 29.8 Å². The van der Waals surface area contributed by atoms with Gasteiger partial charge in [-0.1, -0.05) is 57.2 Å². The van der Waals surface area contributed by atoms with Crippen molar-refractivity contribution in [3.63, 3.8) is 0 Å². The highest BCUT2D eigenvalue weighted by Crippen LogP contribution is 2.31. The van der Waals surface area contributed by atoms with Crippen LogP contribution in [0.5, 0.6) is 0 Å². The van der Waals surface area contributed by atoms with Crippen molar-refractivity contribution in [2.45, 2.75) is 57.8 Å². The Balaban J connectivity index is 1.99. The smallest absolute Gasteiger partial charge is 0.207 e. The van der Waals surface area contributed by atoms with E-state index in [4.69, 9.17) is 0 Å². The molecule has 22 heavy (non-hydrogen) atoms. The Kier molecular flexibility index (Phi) is 6.04. The van der Waals surface area contributed by atoms with Crippen LogP contribution in [-0.4, -0.2) is 25.8 Å². The zero-order valence-corrected chi connectivity index (χ0v) is 14.9. The van der Waals surface area contributed by atoms with Gasteiger partial charge in [-0.15, -0.1) is 0 Å². The van der Waals surface area contributed by atoms with Gasteiger partial charge in [0.05, 0.1) is 4.90 Å². The molecule has 1 heterocycles. The quantitative estimate of drug-likeness (QED) is 0.704. The highest BCUT2D eigenvalue weighted by molar-refractivity contribution is 7.89. The summed E-state index contributed by atoms with van der Waals surface area (Å²) >= 11 is 0. The van der Waals surface area contributed by atoms with E-state index in [1.165, 1.54) is 25.7 Å². The fourth-order valence-electron chi connectivity index (χ4n) is 3.25. The maximum atomic E-state index is 12.7. The van der Waals surface area contributed by atoms with Crippen LogP contribution in [0.4, 0.5) is 0 Å². The number of aryl methyl sites for hydroxylation is 1. The van der Waals surface area contributed by atoms with Gasteiger partial charge in [-0.05, 0) is 37.3 Å². The number of sulfonamides is 1. The van der Waals surface area contributed by atoms with E-state index in [1.807, 2.05) is 19.1 Å². The third-order valence-electron chi connectivity index (χ3n) is 4.82. The number of benzene rings is 1. The Bertz CT molecular complexity index is 565. The average molecular weight is 324 g/mol. The minimum Gasteiger partial charge on any atom is -0.207 e. The Morgan fingerprint density at radius 3 is 2.41 bits per heavy atom. The molecule has 1 aliphatic rings. The SMILES string of the molecule is CCCCCC[C@@H]1CN(S(=O)(=O)c2ccc(C)cc2)C[C@@H]1C. The largest absolute Gasteiger partial charge is 0.243 e. The zero-order chi connectivity index (χ0) is 16.2. The van der Waals surface area contributed by atoms with Gasteiger partial charge in [0.25, 0.3) is 0 Å². The molecule has 0 bridgehead atoms. The molecule has 0 radical (unpaired) electrons. The molecule has 0 spiro atoms. The van der Waals surface area contributed by atoms with Gasteiger partial charge in [-0.2, -0.15) is 4.31 Å². The molecule has 2 rings (SSSR count). The van der Waals surface area contributed by atoms with E-state index < -0.39 is 10.0 Å². The lowest BCUT2D eigenvalue weighted by Crippen LogP contribution is -2.29. The lowest BCUT2D eigenvalue weighted by molar-refractivity contribution is 0.398. The van der Waals surface area contributed by atoms with Gasteiger partial charge in [0.15, 0.2) is 0 Å². The van der Waals surface area contributed by atoms with Crippen molar-refractivity contribution in [1.82, 2.24) is 4.31 Å². The molecule has 0 amide bonds. The lowest BCUT2D eigenvalue weighted by Gasteiger charge is -2.16. The second kappa shape index (κ2) is 7.60. The Morgan fingerprint density at radius 2 is 1.77 bits per heavy atom. The summed E-state index contributed by atoms with van der Waals surface area (Å²) in [7, 11) is -3.32. The van der Waals surface area contributed by atoms with Crippen LogP contribution >= 0.6 is 0 Å². The molecule has 0 unspecified atom stereocenters. The summed E-state index contributed by atoms with van der Waals surface area (Å²) < 4.78 is 27.2. The minimum absolute atomic E-state index is 0.428. The second-order valence-corrected chi connectivity index (χ2v) is 8.66. The summed E-state index contributed by atoms with van der Waals surface area (Å²) in [5.74, 6) is 0.971. The van der Waals surface area contributed by atoms with Crippen LogP contribution in [0.25, 0.3) is 0 Å². The summed E-state index contributed by atoms with van der Waals surface area (Å²) in [6.07, 6.45) is 6.17. The first-order valence-electron chi connectivity index (χ1n) is 8.52. The van der Waals surface area contributed by atoms with Gasteiger partial charge < -0.3 is 0 Å². The molecule has 2 atom stereocenters. The molecule has 124 valence electrons. The van der Waals surface area contributed by atoms with Crippen LogP contribution in [0.1, 0.15) is 51.5 Å². The van der Waals surface area contributed by atoms with Crippen LogP contribution < -0.4 is 0 Å². The van der Waals surface area contributed by atoms with Crippen molar-refractivity contribution >= 4 is 10.0 Å². The van der Waals surface area contributed by atoms with Crippen LogP contribution in [0.2, 0.25) is 0 Å². The Hall–Kier alpha value is -0.870. The van der Waals surface area contributed by atoms with E-state index >= 15 is 0 Å². The molecule has 0 saturated carbocycles. The molecule has 0 aromatic heterocycles. The van der Waals surface area contributed by atoms with Crippen molar-refractivity contribution < 1.29 is 8.42 Å². The summed E-state index contributed by atoms with van der Waals surface area (Å²) in [6, 6.07) is 7.19. The van der Waals surface area contributed by atoms with Gasteiger partial charge in [0.2, 0.25) is 10.0 Å². The lowest BCUT2D eigenvalue weighted by atomic mass is 9.92. The van der Waals surface area contributed by atoms with Gasteiger partial charge in [-0.3, -0.25) is 0 Å². The zero-order valence-electron chi connectivity index (χ0n) is 14.1. The molecule has 1 fully saturated rings. The molecule has 3 nitrogen and oxygen atoms in total. The first kappa shape index (κ1) is 17.5. The number of rotatable bonds is 7. The number of hydrogen-bond acceptors (Lipinski definition) is 2. The van der Waals surface area contributed by atoms with E-state index in [1.54, 1.807) is 16.4 Å². The topological polar surface area (TPSA) is 37.4 Å². The van der Waals surface area contributed by atoms with Crippen LogP contribution in [-0.2, 0) is 10.0 Å². The molecule has 1 aliphatic heterocycles. The normalized spacial score (nSPS) is 23.0. The second-order valence-electron chi connectivity index (χ2n) is 6.72. The predicted octanol–water partition coefficient (Wildman–Crippen LogP) is 4.22. The third-order valence-corrected chi connectivity index (χ3v) is 6.67. The molecule has 4 heteroatoms. The summed E-state index contributed by atoms with van der Waals surface area (Å²) in [6.45, 7) is 7.72. The predicted molar refractivity (Wildman–Crippen MR) is 91.4 cm³/mol. The average Bonchev–Trinajstić information content (AvgIpc) is 2.86. The van der Waals surface area contributed by atoms with Crippen molar-refractivity contribution in [3.8, 4) is 0 Å². The summed E-state index contributed by atoms with van der Waals surface area (Å²) in [5.41, 5.74) is 1.09. The van der Waals surface area contributed by atoms with E-state index in [-0.39, 0.29) is 0 Å². The molecular formula is C18H29NO2S. The molecule has 0 aliphatic carbocycles. The standard InChI is InChI=1S/C18H29NO2S/c1-4-5-6-7-8-17-14-19(13-16(17)3)22(20,21)18-11-9-15(2)10-12-18/h9-12,16-17H,4-8,13-14H2,1-3H3/t16-,17+/m0/s1. The number of unbranched alkanes of at least 4 members (excludes halogenated alkanes) is 3. The highest BCUT2D eigenvalue weighted by Gasteiger charge is 2.36. The molecule has 1 saturated heterocycles. The molecule has 1 aromatic rings. The molecular weight excluding hydrogens is 294 g/mol. The van der Waals surface area contributed by atoms with E-state index in [0.29, 0.717) is 29.8 Å². The van der Waals surface area contributed by atoms with E-state index in [0.717, 1.165) is 12.0 Å². The van der Waals surface area contributed by atoms with E-state index in [9.17, 15) is 8.42 Å². The molecule has 0 N–H and O–H groups in total. The van der Waals surface area contributed by atoms with Gasteiger partial charge in [0, 0.05) is 13.1 Å². The van der Waals surface area contributed by atoms with Crippen molar-refractivity contribution in [1.29, 1.82) is 0 Å². The van der Waals surface area contributed by atoms with Gasteiger partial charge in [0.1, 0.15) is 0 Å². The van der Waals surface area contributed by atoms with Crippen LogP contribution in [0, 0.1) is 18.8 Å². The molecule has 1 aromatic carbocycles. The monoisotopic (exact) mass is 323 g/mol. The van der Waals surface area contributed by atoms with Crippen molar-refractivity contribution in [2.24, 2.45) is 11.8 Å². The maximum absolute atomic E-state index is 12.7. The van der Waals surface area contributed by atoms with Crippen molar-refractivity contribution in [2.75, 3.05) is 13.1 Å². The van der Waals surface area contributed by atoms with Gasteiger partial charge in [-0.25, -0.2) is 8.42 Å². The number of nitrogens with zero attached hydrogens (tertiary/aromatic N) is 1. The van der Waals surface area contributed by atoms with Gasteiger partial charge >= 0.3 is 0 Å². The first-order valence-corrected chi connectivity index (χ1v) is 9.96.